The molecule has 406 valence electrons. The van der Waals surface area contributed by atoms with Crippen LogP contribution in [0.2, 0.25) is 0 Å². The summed E-state index contributed by atoms with van der Waals surface area (Å²) in [5.74, 6) is -2.31. The molecule has 0 bridgehead atoms. The number of esters is 2. The van der Waals surface area contributed by atoms with Crippen LogP contribution < -0.4 is 5.11 Å². The quantitative estimate of drug-likeness (QED) is 0.0195. The molecule has 0 heterocycles. The van der Waals surface area contributed by atoms with E-state index in [4.69, 9.17) is 18.9 Å². The first-order valence-corrected chi connectivity index (χ1v) is 28.4. The zero-order valence-corrected chi connectivity index (χ0v) is 46.1. The summed E-state index contributed by atoms with van der Waals surface area (Å²) < 4.78 is 22.6. The average Bonchev–Trinajstić information content (AvgIpc) is 3.34. The summed E-state index contributed by atoms with van der Waals surface area (Å²) in [5.41, 5.74) is 0. The van der Waals surface area contributed by atoms with Crippen LogP contribution in [0.1, 0.15) is 219 Å². The molecule has 0 spiro atoms. The lowest BCUT2D eigenvalue weighted by Crippen LogP contribution is -2.44. The van der Waals surface area contributed by atoms with Crippen LogP contribution in [0, 0.1) is 0 Å². The maximum absolute atomic E-state index is 12.8. The van der Waals surface area contributed by atoms with Gasteiger partial charge in [-0.1, -0.05) is 207 Å². The SMILES string of the molecule is CC/C=C\C/C=C\C/C=C\C/C=C\C/C=C\C/C=C\C/C=C\CCCCCCCCCCCC(=O)OC(COC(=O)CCCCCCC/C=C\CCCCCCCC)COC(OCC[N+](C)(C)C)C(=O)[O-]. The van der Waals surface area contributed by atoms with Crippen LogP contribution in [0.15, 0.2) is 97.2 Å². The number of carboxylic acid groups (broad SMARTS) is 1. The number of allylic oxidation sites excluding steroid dienone is 16. The summed E-state index contributed by atoms with van der Waals surface area (Å²) in [7, 11) is 5.91. The minimum Gasteiger partial charge on any atom is -0.545 e. The fraction of sp³-hybridized carbons (Fsp3) is 0.694. The van der Waals surface area contributed by atoms with E-state index in [1.165, 1.54) is 77.0 Å². The van der Waals surface area contributed by atoms with Gasteiger partial charge in [0.15, 0.2) is 12.4 Å². The smallest absolute Gasteiger partial charge is 0.306 e. The maximum Gasteiger partial charge on any atom is 0.306 e. The highest BCUT2D eigenvalue weighted by atomic mass is 16.7. The van der Waals surface area contributed by atoms with E-state index in [-0.39, 0.29) is 38.6 Å². The van der Waals surface area contributed by atoms with Gasteiger partial charge in [-0.2, -0.15) is 0 Å². The monoisotopic (exact) mass is 992 g/mol. The van der Waals surface area contributed by atoms with Crippen LogP contribution in [0.25, 0.3) is 0 Å². The summed E-state index contributed by atoms with van der Waals surface area (Å²) >= 11 is 0. The van der Waals surface area contributed by atoms with Crippen LogP contribution in [-0.2, 0) is 33.3 Å². The van der Waals surface area contributed by atoms with Crippen molar-refractivity contribution in [3.05, 3.63) is 97.2 Å². The number of likely N-dealkylation sites (N-methyl/N-ethyl adjacent to an activating group) is 1. The Hall–Kier alpha value is -3.79. The maximum atomic E-state index is 12.8. The average molecular weight is 993 g/mol. The lowest BCUT2D eigenvalue weighted by atomic mass is 10.1. The third-order valence-electron chi connectivity index (χ3n) is 11.8. The third-order valence-corrected chi connectivity index (χ3v) is 11.8. The van der Waals surface area contributed by atoms with E-state index in [1.807, 2.05) is 21.1 Å². The van der Waals surface area contributed by atoms with E-state index in [2.05, 4.69) is 111 Å². The highest BCUT2D eigenvalue weighted by Gasteiger charge is 2.22. The third kappa shape index (κ3) is 53.8. The van der Waals surface area contributed by atoms with Crippen molar-refractivity contribution in [2.45, 2.75) is 232 Å². The summed E-state index contributed by atoms with van der Waals surface area (Å²) in [6.07, 6.45) is 67.3. The number of nitrogens with zero attached hydrogens (tertiary/aromatic N) is 1. The summed E-state index contributed by atoms with van der Waals surface area (Å²) in [6.45, 7) is 4.60. The molecule has 0 aliphatic heterocycles. The molecule has 0 fully saturated rings. The zero-order chi connectivity index (χ0) is 52.0. The number of quaternary nitrogens is 1. The van der Waals surface area contributed by atoms with Crippen LogP contribution in [-0.4, -0.2) is 82.3 Å². The topological polar surface area (TPSA) is 111 Å². The number of carbonyl (C=O) groups is 3. The second-order valence-electron chi connectivity index (χ2n) is 19.8. The van der Waals surface area contributed by atoms with E-state index < -0.39 is 24.3 Å². The van der Waals surface area contributed by atoms with Crippen molar-refractivity contribution in [2.24, 2.45) is 0 Å². The molecule has 9 nitrogen and oxygen atoms in total. The fourth-order valence-corrected chi connectivity index (χ4v) is 7.45. The van der Waals surface area contributed by atoms with Crippen molar-refractivity contribution in [3.63, 3.8) is 0 Å². The van der Waals surface area contributed by atoms with Gasteiger partial charge >= 0.3 is 11.9 Å². The number of unbranched alkanes of at least 4 members (excludes halogenated alkanes) is 20. The molecule has 0 amide bonds. The number of rotatable bonds is 51. The molecule has 71 heavy (non-hydrogen) atoms. The summed E-state index contributed by atoms with van der Waals surface area (Å²) in [6, 6.07) is 0. The highest BCUT2D eigenvalue weighted by molar-refractivity contribution is 5.70. The van der Waals surface area contributed by atoms with Crippen LogP contribution in [0.4, 0.5) is 0 Å². The van der Waals surface area contributed by atoms with Crippen LogP contribution >= 0.6 is 0 Å². The molecule has 2 atom stereocenters. The predicted molar refractivity (Wildman–Crippen MR) is 297 cm³/mol. The number of hydrogen-bond donors (Lipinski definition) is 0. The van der Waals surface area contributed by atoms with E-state index in [0.29, 0.717) is 17.4 Å². The van der Waals surface area contributed by atoms with Gasteiger partial charge < -0.3 is 33.3 Å². The first kappa shape index (κ1) is 67.2. The standard InChI is InChI=1S/C62H105NO8/c1-6-8-10-12-14-16-18-20-22-23-24-25-26-27-28-29-30-31-32-33-34-35-36-37-39-41-43-45-47-49-51-53-60(65)71-58(57-70-62(61(66)67)68-55-54-63(3,4)5)56-69-59(64)52-50-48-46-44-42-40-38-21-19-17-15-13-11-9-7-2/h8,10,14,16,20-22,24-25,27-28,30-31,33-34,38,58,62H,6-7,9,11-13,15,17-19,23,26,29,32,35-37,39-57H2,1-5H3/b10-8-,16-14-,22-20-,25-24-,28-27-,31-30-,34-33-,38-21-. The molecule has 9 heteroatoms. The second-order valence-corrected chi connectivity index (χ2v) is 19.8. The number of carbonyl (C=O) groups excluding carboxylic acids is 3. The Morgan fingerprint density at radius 2 is 0.803 bits per heavy atom. The summed E-state index contributed by atoms with van der Waals surface area (Å²) in [5, 5.41) is 11.8. The normalized spacial score (nSPS) is 13.5. The molecule has 0 rings (SSSR count). The predicted octanol–water partition coefficient (Wildman–Crippen LogP) is 15.2. The van der Waals surface area contributed by atoms with Crippen molar-refractivity contribution in [3.8, 4) is 0 Å². The first-order valence-electron chi connectivity index (χ1n) is 28.4. The molecule has 0 aromatic rings. The Morgan fingerprint density at radius 1 is 0.437 bits per heavy atom. The minimum atomic E-state index is -1.63. The van der Waals surface area contributed by atoms with Gasteiger partial charge in [-0.05, 0) is 96.3 Å². The number of aliphatic carboxylic acids is 1. The van der Waals surface area contributed by atoms with Crippen molar-refractivity contribution in [1.82, 2.24) is 0 Å². The first-order chi connectivity index (χ1) is 34.6. The number of hydrogen-bond acceptors (Lipinski definition) is 8. The molecule has 0 N–H and O–H groups in total. The van der Waals surface area contributed by atoms with Crippen LogP contribution in [0.3, 0.4) is 0 Å². The van der Waals surface area contributed by atoms with Gasteiger partial charge in [-0.3, -0.25) is 9.59 Å². The fourth-order valence-electron chi connectivity index (χ4n) is 7.45. The Labute approximate surface area is 435 Å². The largest absolute Gasteiger partial charge is 0.545 e. The molecular formula is C62H105NO8. The van der Waals surface area contributed by atoms with E-state index >= 15 is 0 Å². The second kappa shape index (κ2) is 52.5. The van der Waals surface area contributed by atoms with Gasteiger partial charge in [0.2, 0.25) is 0 Å². The van der Waals surface area contributed by atoms with Crippen molar-refractivity contribution in [1.29, 1.82) is 0 Å². The Bertz CT molecular complexity index is 1480. The molecule has 0 aliphatic rings. The van der Waals surface area contributed by atoms with Gasteiger partial charge in [0.25, 0.3) is 0 Å². The van der Waals surface area contributed by atoms with Crippen molar-refractivity contribution in [2.75, 3.05) is 47.5 Å². The molecule has 0 saturated carbocycles. The Kier molecular flexibility index (Phi) is 49.7. The molecule has 0 aromatic heterocycles. The molecule has 0 aromatic carbocycles. The number of ether oxygens (including phenoxy) is 4. The summed E-state index contributed by atoms with van der Waals surface area (Å²) in [4.78, 5) is 37.2. The minimum absolute atomic E-state index is 0.141. The van der Waals surface area contributed by atoms with E-state index in [1.54, 1.807) is 0 Å². The lowest BCUT2D eigenvalue weighted by molar-refractivity contribution is -0.870. The number of carboxylic acids is 1. The molecule has 0 radical (unpaired) electrons. The molecule has 0 saturated heterocycles. The molecular weight excluding hydrogens is 887 g/mol. The van der Waals surface area contributed by atoms with Crippen molar-refractivity contribution < 1.29 is 42.9 Å². The van der Waals surface area contributed by atoms with Gasteiger partial charge in [0.05, 0.1) is 40.3 Å². The van der Waals surface area contributed by atoms with Crippen LogP contribution in [0.5, 0.6) is 0 Å². The molecule has 0 aliphatic carbocycles. The zero-order valence-electron chi connectivity index (χ0n) is 46.1. The highest BCUT2D eigenvalue weighted by Crippen LogP contribution is 2.14. The Balaban J connectivity index is 4.26. The van der Waals surface area contributed by atoms with E-state index in [0.717, 1.165) is 109 Å². The van der Waals surface area contributed by atoms with Crippen molar-refractivity contribution >= 4 is 17.9 Å². The molecule has 2 unspecified atom stereocenters. The van der Waals surface area contributed by atoms with E-state index in [9.17, 15) is 19.5 Å². The van der Waals surface area contributed by atoms with Gasteiger partial charge in [0, 0.05) is 12.8 Å². The van der Waals surface area contributed by atoms with Gasteiger partial charge in [0.1, 0.15) is 13.2 Å². The van der Waals surface area contributed by atoms with Gasteiger partial charge in [-0.25, -0.2) is 0 Å². The Morgan fingerprint density at radius 3 is 1.21 bits per heavy atom. The van der Waals surface area contributed by atoms with Gasteiger partial charge in [-0.15, -0.1) is 0 Å². The lowest BCUT2D eigenvalue weighted by Gasteiger charge is -2.26.